The molecule has 0 aliphatic carbocycles. The van der Waals surface area contributed by atoms with Gasteiger partial charge in [0.1, 0.15) is 0 Å². The van der Waals surface area contributed by atoms with Crippen molar-refractivity contribution in [1.29, 1.82) is 0 Å². The Morgan fingerprint density at radius 2 is 1.93 bits per heavy atom. The Kier molecular flexibility index (Phi) is 7.34. The first-order valence-electron chi connectivity index (χ1n) is 5.60. The predicted molar refractivity (Wildman–Crippen MR) is 63.6 cm³/mol. The average molecular weight is 215 g/mol. The summed E-state index contributed by atoms with van der Waals surface area (Å²) in [7, 11) is 3.58. The van der Waals surface area contributed by atoms with Crippen molar-refractivity contribution in [2.45, 2.75) is 20.3 Å². The van der Waals surface area contributed by atoms with Gasteiger partial charge in [-0.25, -0.2) is 0 Å². The van der Waals surface area contributed by atoms with Crippen LogP contribution in [0.15, 0.2) is 0 Å². The van der Waals surface area contributed by atoms with Gasteiger partial charge in [-0.15, -0.1) is 0 Å². The normalized spacial score (nSPS) is 11.1. The zero-order chi connectivity index (χ0) is 11.8. The second kappa shape index (κ2) is 7.65. The maximum atomic E-state index is 11.6. The lowest BCUT2D eigenvalue weighted by Gasteiger charge is -2.24. The van der Waals surface area contributed by atoms with Crippen LogP contribution in [0.1, 0.15) is 20.3 Å². The van der Waals surface area contributed by atoms with Gasteiger partial charge in [0.25, 0.3) is 0 Å². The maximum absolute atomic E-state index is 11.6. The number of rotatable bonds is 7. The Labute approximate surface area is 93.4 Å². The molecule has 2 N–H and O–H groups in total. The molecule has 0 rings (SSSR count). The molecule has 0 aliphatic heterocycles. The zero-order valence-electron chi connectivity index (χ0n) is 10.5. The lowest BCUT2D eigenvalue weighted by molar-refractivity contribution is -0.130. The van der Waals surface area contributed by atoms with Crippen LogP contribution in [0, 0.1) is 5.92 Å². The Hall–Kier alpha value is -0.610. The van der Waals surface area contributed by atoms with E-state index >= 15 is 0 Å². The van der Waals surface area contributed by atoms with Crippen LogP contribution >= 0.6 is 0 Å². The molecule has 0 aromatic rings. The number of hydrogen-bond donors (Lipinski definition) is 1. The summed E-state index contributed by atoms with van der Waals surface area (Å²) >= 11 is 0. The molecule has 0 unspecified atom stereocenters. The number of hydrogen-bond acceptors (Lipinski definition) is 3. The lowest BCUT2D eigenvalue weighted by atomic mass is 10.2. The van der Waals surface area contributed by atoms with Crippen molar-refractivity contribution in [3.05, 3.63) is 0 Å². The highest BCUT2D eigenvalue weighted by atomic mass is 16.2. The molecule has 0 heterocycles. The van der Waals surface area contributed by atoms with E-state index in [0.29, 0.717) is 19.0 Å². The van der Waals surface area contributed by atoms with Gasteiger partial charge in [0.15, 0.2) is 0 Å². The third kappa shape index (κ3) is 7.33. The Bertz CT molecular complexity index is 181. The molecule has 4 nitrogen and oxygen atoms in total. The van der Waals surface area contributed by atoms with Gasteiger partial charge in [-0.05, 0) is 25.4 Å². The molecule has 4 heteroatoms. The first kappa shape index (κ1) is 14.4. The topological polar surface area (TPSA) is 49.6 Å². The molecule has 0 fully saturated rings. The number of nitrogens with two attached hydrogens (primary N) is 1. The SMILES string of the molecule is CC(C)CN(CCCN)CC(=O)N(C)C. The van der Waals surface area contributed by atoms with Crippen molar-refractivity contribution in [2.75, 3.05) is 40.3 Å². The van der Waals surface area contributed by atoms with E-state index in [1.165, 1.54) is 0 Å². The van der Waals surface area contributed by atoms with Crippen molar-refractivity contribution in [1.82, 2.24) is 9.80 Å². The van der Waals surface area contributed by atoms with E-state index < -0.39 is 0 Å². The molecule has 0 saturated heterocycles. The van der Waals surface area contributed by atoms with Crippen molar-refractivity contribution >= 4 is 5.91 Å². The van der Waals surface area contributed by atoms with Gasteiger partial charge in [-0.2, -0.15) is 0 Å². The van der Waals surface area contributed by atoms with Crippen LogP contribution in [0.4, 0.5) is 0 Å². The Balaban J connectivity index is 4.05. The summed E-state index contributed by atoms with van der Waals surface area (Å²) in [6.45, 7) is 7.38. The third-order valence-electron chi connectivity index (χ3n) is 2.16. The Morgan fingerprint density at radius 3 is 2.33 bits per heavy atom. The molecule has 0 aliphatic rings. The fourth-order valence-corrected chi connectivity index (χ4v) is 1.40. The highest BCUT2D eigenvalue weighted by Crippen LogP contribution is 2.00. The van der Waals surface area contributed by atoms with Crippen LogP contribution < -0.4 is 5.73 Å². The second-order valence-corrected chi connectivity index (χ2v) is 4.56. The van der Waals surface area contributed by atoms with Gasteiger partial charge in [0.2, 0.25) is 5.91 Å². The minimum atomic E-state index is 0.160. The van der Waals surface area contributed by atoms with Crippen molar-refractivity contribution < 1.29 is 4.79 Å². The summed E-state index contributed by atoms with van der Waals surface area (Å²) in [5.41, 5.74) is 5.48. The quantitative estimate of drug-likeness (QED) is 0.668. The van der Waals surface area contributed by atoms with Gasteiger partial charge in [0, 0.05) is 20.6 Å². The summed E-state index contributed by atoms with van der Waals surface area (Å²) in [6, 6.07) is 0. The number of likely N-dealkylation sites (N-methyl/N-ethyl adjacent to an activating group) is 1. The Morgan fingerprint density at radius 1 is 1.33 bits per heavy atom. The van der Waals surface area contributed by atoms with Crippen molar-refractivity contribution in [3.63, 3.8) is 0 Å². The molecule has 0 aromatic carbocycles. The third-order valence-corrected chi connectivity index (χ3v) is 2.16. The maximum Gasteiger partial charge on any atom is 0.236 e. The molecular weight excluding hydrogens is 190 g/mol. The molecule has 90 valence electrons. The first-order chi connectivity index (χ1) is 6.97. The predicted octanol–water partition coefficient (Wildman–Crippen LogP) is 0.381. The van der Waals surface area contributed by atoms with Crippen molar-refractivity contribution in [3.8, 4) is 0 Å². The van der Waals surface area contributed by atoms with Crippen LogP contribution in [0.3, 0.4) is 0 Å². The van der Waals surface area contributed by atoms with E-state index in [9.17, 15) is 4.79 Å². The van der Waals surface area contributed by atoms with E-state index in [4.69, 9.17) is 5.73 Å². The summed E-state index contributed by atoms with van der Waals surface area (Å²) in [4.78, 5) is 15.4. The van der Waals surface area contributed by atoms with E-state index in [1.807, 2.05) is 0 Å². The van der Waals surface area contributed by atoms with E-state index in [2.05, 4.69) is 18.7 Å². The fraction of sp³-hybridized carbons (Fsp3) is 0.909. The minimum absolute atomic E-state index is 0.160. The van der Waals surface area contributed by atoms with Gasteiger partial charge in [-0.3, -0.25) is 9.69 Å². The van der Waals surface area contributed by atoms with Crippen LogP contribution in [0.2, 0.25) is 0 Å². The fourth-order valence-electron chi connectivity index (χ4n) is 1.40. The van der Waals surface area contributed by atoms with Crippen LogP contribution in [0.25, 0.3) is 0 Å². The highest BCUT2D eigenvalue weighted by molar-refractivity contribution is 5.77. The number of carbonyl (C=O) groups excluding carboxylic acids is 1. The van der Waals surface area contributed by atoms with E-state index in [0.717, 1.165) is 19.5 Å². The zero-order valence-corrected chi connectivity index (χ0v) is 10.5. The molecule has 15 heavy (non-hydrogen) atoms. The molecule has 0 spiro atoms. The number of amides is 1. The van der Waals surface area contributed by atoms with E-state index in [-0.39, 0.29) is 5.91 Å². The minimum Gasteiger partial charge on any atom is -0.348 e. The monoisotopic (exact) mass is 215 g/mol. The molecule has 0 bridgehead atoms. The summed E-state index contributed by atoms with van der Waals surface area (Å²) in [6.07, 6.45) is 0.952. The van der Waals surface area contributed by atoms with Crippen LogP contribution in [0.5, 0.6) is 0 Å². The molecular formula is C11H25N3O. The molecule has 0 aromatic heterocycles. The summed E-state index contributed by atoms with van der Waals surface area (Å²) in [5.74, 6) is 0.741. The lowest BCUT2D eigenvalue weighted by Crippen LogP contribution is -2.39. The standard InChI is InChI=1S/C11H25N3O/c1-10(2)8-14(7-5-6-12)9-11(15)13(3)4/h10H,5-9,12H2,1-4H3. The van der Waals surface area contributed by atoms with Gasteiger partial charge < -0.3 is 10.6 Å². The van der Waals surface area contributed by atoms with Crippen LogP contribution in [-0.2, 0) is 4.79 Å². The van der Waals surface area contributed by atoms with Crippen LogP contribution in [-0.4, -0.2) is 56.0 Å². The average Bonchev–Trinajstić information content (AvgIpc) is 2.13. The smallest absolute Gasteiger partial charge is 0.236 e. The van der Waals surface area contributed by atoms with Gasteiger partial charge >= 0.3 is 0 Å². The molecule has 0 radical (unpaired) electrons. The highest BCUT2D eigenvalue weighted by Gasteiger charge is 2.12. The van der Waals surface area contributed by atoms with Gasteiger partial charge in [-0.1, -0.05) is 13.8 Å². The summed E-state index contributed by atoms with van der Waals surface area (Å²) in [5, 5.41) is 0. The molecule has 0 saturated carbocycles. The molecule has 1 amide bonds. The second-order valence-electron chi connectivity index (χ2n) is 4.56. The number of carbonyl (C=O) groups is 1. The largest absolute Gasteiger partial charge is 0.348 e. The van der Waals surface area contributed by atoms with Gasteiger partial charge in [0.05, 0.1) is 6.54 Å². The first-order valence-corrected chi connectivity index (χ1v) is 5.60. The number of nitrogens with zero attached hydrogens (tertiary/aromatic N) is 2. The van der Waals surface area contributed by atoms with E-state index in [1.54, 1.807) is 19.0 Å². The molecule has 0 atom stereocenters. The van der Waals surface area contributed by atoms with Crippen molar-refractivity contribution in [2.24, 2.45) is 11.7 Å². The summed E-state index contributed by atoms with van der Waals surface area (Å²) < 4.78 is 0.